The molecule has 1 heterocycles. The van der Waals surface area contributed by atoms with E-state index in [4.69, 9.17) is 0 Å². The molecular formula is C10H24N3OP. The van der Waals surface area contributed by atoms with Gasteiger partial charge < -0.3 is 0 Å². The van der Waals surface area contributed by atoms with Gasteiger partial charge in [-0.05, 0) is 41.0 Å². The van der Waals surface area contributed by atoms with Crippen LogP contribution in [0.4, 0.5) is 0 Å². The lowest BCUT2D eigenvalue weighted by atomic mass is 10.2. The summed E-state index contributed by atoms with van der Waals surface area (Å²) in [5, 5.41) is 0. The third-order valence-electron chi connectivity index (χ3n) is 2.99. The summed E-state index contributed by atoms with van der Waals surface area (Å²) in [7, 11) is 5.17. The van der Waals surface area contributed by atoms with Gasteiger partial charge in [0.25, 0.3) is 7.59 Å². The maximum atomic E-state index is 12.9. The van der Waals surface area contributed by atoms with E-state index >= 15 is 0 Å². The molecule has 0 N–H and O–H groups in total. The summed E-state index contributed by atoms with van der Waals surface area (Å²) in [5.74, 6) is 0. The molecule has 0 saturated carbocycles. The lowest BCUT2D eigenvalue weighted by Crippen LogP contribution is -2.35. The average Bonchev–Trinajstić information content (AvgIpc) is 2.43. The van der Waals surface area contributed by atoms with Crippen molar-refractivity contribution in [2.24, 2.45) is 0 Å². The van der Waals surface area contributed by atoms with Gasteiger partial charge in [-0.2, -0.15) is 0 Å². The standard InChI is InChI=1S/C10H24N3OP/c1-11(2)15(14,12(3)4)13-9-7-5-6-8-10-13/h5-10H2,1-4H3. The van der Waals surface area contributed by atoms with Gasteiger partial charge in [0.05, 0.1) is 0 Å². The molecule has 1 saturated heterocycles. The molecule has 0 radical (unpaired) electrons. The molecule has 0 atom stereocenters. The monoisotopic (exact) mass is 233 g/mol. The molecule has 0 aromatic carbocycles. The maximum Gasteiger partial charge on any atom is 0.285 e. The van der Waals surface area contributed by atoms with Crippen molar-refractivity contribution in [1.82, 2.24) is 14.0 Å². The molecule has 0 aromatic rings. The summed E-state index contributed by atoms with van der Waals surface area (Å²) in [6.45, 7) is 1.93. The van der Waals surface area contributed by atoms with Crippen LogP contribution < -0.4 is 0 Å². The third-order valence-corrected chi connectivity index (χ3v) is 6.21. The summed E-state index contributed by atoms with van der Waals surface area (Å²) in [6, 6.07) is 0. The van der Waals surface area contributed by atoms with Crippen LogP contribution in [0.15, 0.2) is 0 Å². The molecule has 1 aliphatic rings. The molecule has 1 rings (SSSR count). The van der Waals surface area contributed by atoms with Gasteiger partial charge in [-0.3, -0.25) is 4.57 Å². The van der Waals surface area contributed by atoms with Crippen molar-refractivity contribution < 1.29 is 4.57 Å². The molecule has 0 bridgehead atoms. The van der Waals surface area contributed by atoms with E-state index in [1.54, 1.807) is 0 Å². The summed E-state index contributed by atoms with van der Waals surface area (Å²) in [5.41, 5.74) is 0. The highest BCUT2D eigenvalue weighted by Gasteiger charge is 2.35. The second-order valence-corrected chi connectivity index (χ2v) is 7.77. The van der Waals surface area contributed by atoms with Gasteiger partial charge in [0.15, 0.2) is 0 Å². The quantitative estimate of drug-likeness (QED) is 0.697. The molecule has 15 heavy (non-hydrogen) atoms. The van der Waals surface area contributed by atoms with Gasteiger partial charge in [-0.15, -0.1) is 0 Å². The van der Waals surface area contributed by atoms with Crippen LogP contribution in [0.25, 0.3) is 0 Å². The fourth-order valence-electron chi connectivity index (χ4n) is 2.18. The van der Waals surface area contributed by atoms with E-state index in [1.807, 2.05) is 37.5 Å². The van der Waals surface area contributed by atoms with Crippen molar-refractivity contribution in [2.75, 3.05) is 41.3 Å². The van der Waals surface area contributed by atoms with E-state index in [2.05, 4.69) is 4.67 Å². The van der Waals surface area contributed by atoms with Gasteiger partial charge in [0.2, 0.25) is 0 Å². The average molecular weight is 233 g/mol. The van der Waals surface area contributed by atoms with Gasteiger partial charge in [-0.25, -0.2) is 14.0 Å². The summed E-state index contributed by atoms with van der Waals surface area (Å²) in [6.07, 6.45) is 4.89. The minimum Gasteiger partial charge on any atom is -0.270 e. The molecule has 0 aromatic heterocycles. The zero-order valence-electron chi connectivity index (χ0n) is 10.4. The fraction of sp³-hybridized carbons (Fsp3) is 1.00. The van der Waals surface area contributed by atoms with Crippen LogP contribution >= 0.6 is 7.59 Å². The van der Waals surface area contributed by atoms with Crippen LogP contribution in [0.5, 0.6) is 0 Å². The lowest BCUT2D eigenvalue weighted by molar-refractivity contribution is 0.333. The van der Waals surface area contributed by atoms with Crippen LogP contribution in [0.2, 0.25) is 0 Å². The number of hydrogen-bond donors (Lipinski definition) is 0. The maximum absolute atomic E-state index is 12.9. The van der Waals surface area contributed by atoms with Gasteiger partial charge in [-0.1, -0.05) is 12.8 Å². The van der Waals surface area contributed by atoms with Crippen molar-refractivity contribution in [3.63, 3.8) is 0 Å². The zero-order chi connectivity index (χ0) is 11.5. The first-order valence-corrected chi connectivity index (χ1v) is 7.27. The van der Waals surface area contributed by atoms with Crippen LogP contribution in [-0.4, -0.2) is 55.3 Å². The number of rotatable bonds is 3. The summed E-state index contributed by atoms with van der Waals surface area (Å²) >= 11 is 0. The predicted molar refractivity (Wildman–Crippen MR) is 65.0 cm³/mol. The predicted octanol–water partition coefficient (Wildman–Crippen LogP) is 2.09. The first-order valence-electron chi connectivity index (χ1n) is 5.70. The van der Waals surface area contributed by atoms with E-state index in [0.29, 0.717) is 0 Å². The molecule has 1 aliphatic heterocycles. The fourth-order valence-corrected chi connectivity index (χ4v) is 4.71. The highest BCUT2D eigenvalue weighted by molar-refractivity contribution is 7.56. The van der Waals surface area contributed by atoms with Crippen molar-refractivity contribution in [3.8, 4) is 0 Å². The molecule has 4 nitrogen and oxygen atoms in total. The second kappa shape index (κ2) is 5.44. The number of hydrogen-bond acceptors (Lipinski definition) is 1. The SMILES string of the molecule is CN(C)P(=O)(N(C)C)N1CCCCCC1. The van der Waals surface area contributed by atoms with Crippen LogP contribution in [0, 0.1) is 0 Å². The summed E-state index contributed by atoms with van der Waals surface area (Å²) < 4.78 is 18.8. The Balaban J connectivity index is 2.83. The van der Waals surface area contributed by atoms with E-state index in [-0.39, 0.29) is 0 Å². The van der Waals surface area contributed by atoms with Crippen molar-refractivity contribution in [2.45, 2.75) is 25.7 Å². The zero-order valence-corrected chi connectivity index (χ0v) is 11.3. The van der Waals surface area contributed by atoms with Crippen LogP contribution in [-0.2, 0) is 4.57 Å². The molecule has 0 spiro atoms. The first-order chi connectivity index (χ1) is 6.99. The Morgan fingerprint density at radius 1 is 0.867 bits per heavy atom. The van der Waals surface area contributed by atoms with Gasteiger partial charge in [0, 0.05) is 13.1 Å². The Kier molecular flexibility index (Phi) is 4.78. The van der Waals surface area contributed by atoms with E-state index < -0.39 is 7.59 Å². The number of nitrogens with zero attached hydrogens (tertiary/aromatic N) is 3. The topological polar surface area (TPSA) is 26.8 Å². The van der Waals surface area contributed by atoms with Crippen molar-refractivity contribution in [3.05, 3.63) is 0 Å². The normalized spacial score (nSPS) is 20.9. The Morgan fingerprint density at radius 2 is 1.27 bits per heavy atom. The molecule has 0 unspecified atom stereocenters. The van der Waals surface area contributed by atoms with E-state index in [9.17, 15) is 4.57 Å². The highest BCUT2D eigenvalue weighted by atomic mass is 31.2. The second-order valence-electron chi connectivity index (χ2n) is 4.58. The molecular weight excluding hydrogens is 209 g/mol. The minimum atomic E-state index is -2.47. The van der Waals surface area contributed by atoms with Crippen molar-refractivity contribution >= 4 is 7.59 Å². The smallest absolute Gasteiger partial charge is 0.270 e. The summed E-state index contributed by atoms with van der Waals surface area (Å²) in [4.78, 5) is 0. The van der Waals surface area contributed by atoms with E-state index in [1.165, 1.54) is 25.7 Å². The molecule has 0 aliphatic carbocycles. The van der Waals surface area contributed by atoms with E-state index in [0.717, 1.165) is 13.1 Å². The van der Waals surface area contributed by atoms with Gasteiger partial charge >= 0.3 is 0 Å². The van der Waals surface area contributed by atoms with Crippen molar-refractivity contribution in [1.29, 1.82) is 0 Å². The first kappa shape index (κ1) is 13.2. The minimum absolute atomic E-state index is 0.966. The third kappa shape index (κ3) is 2.82. The largest absolute Gasteiger partial charge is 0.285 e. The van der Waals surface area contributed by atoms with Crippen LogP contribution in [0.1, 0.15) is 25.7 Å². The van der Waals surface area contributed by atoms with Crippen LogP contribution in [0.3, 0.4) is 0 Å². The molecule has 5 heteroatoms. The molecule has 90 valence electrons. The highest BCUT2D eigenvalue weighted by Crippen LogP contribution is 2.53. The molecule has 1 fully saturated rings. The Labute approximate surface area is 93.8 Å². The molecule has 0 amide bonds. The Bertz CT molecular complexity index is 223. The Morgan fingerprint density at radius 3 is 1.60 bits per heavy atom. The van der Waals surface area contributed by atoms with Gasteiger partial charge in [0.1, 0.15) is 0 Å². The lowest BCUT2D eigenvalue weighted by Gasteiger charge is -2.38. The Hall–Kier alpha value is 0.110.